The number of H-pyrrole nitrogens is 1. The van der Waals surface area contributed by atoms with Crippen LogP contribution in [-0.2, 0) is 29.9 Å². The predicted molar refractivity (Wildman–Crippen MR) is 408 cm³/mol. The highest BCUT2D eigenvalue weighted by Crippen LogP contribution is 2.46. The number of methoxy groups -OCH3 is 2. The van der Waals surface area contributed by atoms with E-state index in [1.165, 1.54) is 31.3 Å². The number of carbonyl (C=O) groups excluding carboxylic acids is 2. The van der Waals surface area contributed by atoms with Crippen molar-refractivity contribution < 1.29 is 42.1 Å². The maximum atomic E-state index is 13.8. The van der Waals surface area contributed by atoms with Crippen molar-refractivity contribution in [2.24, 2.45) is 0 Å². The molecule has 1 saturated carbocycles. The first-order chi connectivity index (χ1) is 50.3. The second-order valence-corrected chi connectivity index (χ2v) is 29.4. The molecule has 0 radical (unpaired) electrons. The van der Waals surface area contributed by atoms with Crippen LogP contribution in [0.25, 0.3) is 61.5 Å². The number of carbonyl (C=O) groups is 2. The third-order valence-electron chi connectivity index (χ3n) is 19.3. The van der Waals surface area contributed by atoms with Gasteiger partial charge in [0, 0.05) is 129 Å². The Morgan fingerprint density at radius 2 is 1.55 bits per heavy atom. The van der Waals surface area contributed by atoms with Gasteiger partial charge in [-0.3, -0.25) is 14.0 Å². The molecule has 6 N–H and O–H groups in total. The van der Waals surface area contributed by atoms with E-state index in [2.05, 4.69) is 77.8 Å². The molecule has 15 rings (SSSR count). The third kappa shape index (κ3) is 15.8. The number of halogens is 2. The number of fused-ring (bicyclic) bond motifs is 4. The van der Waals surface area contributed by atoms with Crippen molar-refractivity contribution in [1.29, 1.82) is 0 Å². The van der Waals surface area contributed by atoms with E-state index >= 15 is 0 Å². The van der Waals surface area contributed by atoms with Gasteiger partial charge in [-0.1, -0.05) is 89.8 Å². The minimum atomic E-state index is -3.84. The van der Waals surface area contributed by atoms with Crippen molar-refractivity contribution in [3.8, 4) is 46.4 Å². The maximum Gasteiger partial charge on any atom is 0.256 e. The molecule has 2 saturated heterocycles. The highest BCUT2D eigenvalue weighted by Gasteiger charge is 2.42. The summed E-state index contributed by atoms with van der Waals surface area (Å²) >= 11 is 12.5. The van der Waals surface area contributed by atoms with Crippen molar-refractivity contribution in [2.45, 2.75) is 87.5 Å². The van der Waals surface area contributed by atoms with Crippen LogP contribution in [0.4, 0.5) is 23.0 Å². The van der Waals surface area contributed by atoms with E-state index in [0.717, 1.165) is 117 Å². The van der Waals surface area contributed by atoms with Crippen LogP contribution in [0.2, 0.25) is 10.0 Å². The molecule has 24 heteroatoms. The molecule has 21 nitrogen and oxygen atoms in total. The van der Waals surface area contributed by atoms with Crippen molar-refractivity contribution in [1.82, 2.24) is 44.1 Å². The first-order valence-electron chi connectivity index (χ1n) is 34.5. The van der Waals surface area contributed by atoms with Gasteiger partial charge in [0.1, 0.15) is 48.2 Å². The Balaban J connectivity index is 0.000000142. The molecule has 11 aromatic rings. The maximum absolute atomic E-state index is 13.8. The average molecular weight is 1460 g/mol. The van der Waals surface area contributed by atoms with Crippen LogP contribution in [0.3, 0.4) is 0 Å². The number of aryl methyl sites for hydroxylation is 1. The number of pyridine rings is 1. The SMILES string of the molecule is C#Cc1cccc(Nc2ncnc3cc(OCCOC)c(OCCOC)cc23)c1.CC1(O)CC(c2nc(-c3ccc4ccc(-c5ccccc5)nc4c3)c3c(N)nccn23)C1.Cc1[nH]c(/C=C2\C(=O)Nc3ccc(S(=O)(=O)Cc4c(Cl)cccc4Cl)cc32)c(C)c1C(=O)N1CCC[C@@H]1CN1CCCC1. The molecule has 8 heterocycles. The molecular weight excluding hydrogens is 1380 g/mol. The molecule has 3 fully saturated rings. The first-order valence-corrected chi connectivity index (χ1v) is 36.9. The lowest BCUT2D eigenvalue weighted by atomic mass is 9.72. The summed E-state index contributed by atoms with van der Waals surface area (Å²) in [6.45, 7) is 11.2. The number of nitrogens with one attached hydrogen (secondary N) is 3. The number of ether oxygens (including phenoxy) is 4. The Hall–Kier alpha value is -10.2. The molecule has 0 unspecified atom stereocenters. The summed E-state index contributed by atoms with van der Waals surface area (Å²) in [5.41, 5.74) is 17.9. The van der Waals surface area contributed by atoms with E-state index < -0.39 is 15.4 Å². The topological polar surface area (TPSA) is 267 Å². The number of benzene rings is 6. The van der Waals surface area contributed by atoms with Gasteiger partial charge >= 0.3 is 0 Å². The van der Waals surface area contributed by atoms with Gasteiger partial charge < -0.3 is 55.2 Å². The normalized spacial score (nSPS) is 17.4. The van der Waals surface area contributed by atoms with Gasteiger partial charge in [-0.05, 0) is 151 Å². The minimum absolute atomic E-state index is 0.0143. The Bertz CT molecular complexity index is 5220. The zero-order chi connectivity index (χ0) is 72.8. The van der Waals surface area contributed by atoms with E-state index in [1.807, 2.05) is 96.9 Å². The number of hydrogen-bond acceptors (Lipinski definition) is 17. The number of amides is 2. The molecule has 2 amide bonds. The molecule has 534 valence electrons. The lowest BCUT2D eigenvalue weighted by molar-refractivity contribution is -0.110. The number of rotatable bonds is 20. The summed E-state index contributed by atoms with van der Waals surface area (Å²) in [7, 11) is -0.586. The number of hydrogen-bond donors (Lipinski definition) is 5. The molecule has 1 atom stereocenters. The quantitative estimate of drug-likeness (QED) is 0.0270. The number of aromatic amines is 1. The van der Waals surface area contributed by atoms with Gasteiger partial charge in [0.05, 0.1) is 57.3 Å². The van der Waals surface area contributed by atoms with Crippen LogP contribution >= 0.6 is 23.2 Å². The smallest absolute Gasteiger partial charge is 0.256 e. The fraction of sp³-hybridized carbons (Fsp3) is 0.287. The molecule has 1 aliphatic carbocycles. The van der Waals surface area contributed by atoms with Gasteiger partial charge in [-0.2, -0.15) is 0 Å². The van der Waals surface area contributed by atoms with Gasteiger partial charge in [0.2, 0.25) is 0 Å². The number of aromatic nitrogens is 7. The zero-order valence-electron chi connectivity index (χ0n) is 58.4. The fourth-order valence-corrected chi connectivity index (χ4v) is 16.1. The minimum Gasteiger partial charge on any atom is -0.487 e. The monoisotopic (exact) mass is 1450 g/mol. The van der Waals surface area contributed by atoms with E-state index in [4.69, 9.17) is 64.3 Å². The molecule has 6 aromatic carbocycles. The van der Waals surface area contributed by atoms with Crippen molar-refractivity contribution in [2.75, 3.05) is 83.2 Å². The van der Waals surface area contributed by atoms with E-state index in [-0.39, 0.29) is 44.5 Å². The number of likely N-dealkylation sites (tertiary alicyclic amines) is 2. The molecule has 5 aromatic heterocycles. The number of nitrogens with two attached hydrogens (primary N) is 1. The van der Waals surface area contributed by atoms with Crippen molar-refractivity contribution in [3.05, 3.63) is 207 Å². The molecule has 3 aliphatic heterocycles. The second kappa shape index (κ2) is 31.4. The Labute approximate surface area is 613 Å². The standard InChI is InChI=1S/C32H34Cl2N4O4S.C26H23N5O.C22H23N3O4/c1-19-29(35-20(2)30(19)32(40)38-14-6-7-21(38)17-37-12-3-4-13-37)16-24-23-15-22(10-11-28(23)36-31(24)39)43(41,42)18-25-26(33)8-5-9-27(25)34;1-26(32)14-19(15-26)25-30-22(23-24(27)28-11-12-31(23)25)18-8-7-17-9-10-20(29-21(17)13-18)16-5-3-2-4-6-16;1-4-16-6-5-7-17(12-16)25-22-18-13-20(28-10-8-26-2)21(29-11-9-27-3)14-19(18)23-15-24-22/h5,8-11,15-16,21,35H,3-4,6-7,12-14,17-18H2,1-2H3,(H,36,39);2-13,19,32H,14-15H2,1H3,(H2,27,28);1,5-7,12-15H,8-11H2,2-3H3,(H,23,24,25)/b24-16-;;/t21-;;/m1../s1. The Kier molecular flexibility index (Phi) is 21.8. The molecule has 0 spiro atoms. The summed E-state index contributed by atoms with van der Waals surface area (Å²) in [5.74, 6) is 5.29. The summed E-state index contributed by atoms with van der Waals surface area (Å²) < 4.78 is 50.6. The third-order valence-corrected chi connectivity index (χ3v) is 21.6. The summed E-state index contributed by atoms with van der Waals surface area (Å²) in [5, 5.41) is 18.8. The van der Waals surface area contributed by atoms with Crippen LogP contribution in [0, 0.1) is 26.2 Å². The van der Waals surface area contributed by atoms with Crippen molar-refractivity contribution in [3.63, 3.8) is 0 Å². The van der Waals surface area contributed by atoms with Gasteiger partial charge in [0.15, 0.2) is 21.3 Å². The van der Waals surface area contributed by atoms with Crippen LogP contribution < -0.4 is 25.8 Å². The van der Waals surface area contributed by atoms with Crippen LogP contribution in [0.5, 0.6) is 11.5 Å². The zero-order valence-corrected chi connectivity index (χ0v) is 60.7. The number of nitrogen functional groups attached to an aromatic ring is 1. The lowest BCUT2D eigenvalue weighted by Gasteiger charge is -2.40. The lowest BCUT2D eigenvalue weighted by Crippen LogP contribution is -2.42. The largest absolute Gasteiger partial charge is 0.487 e. The second-order valence-electron chi connectivity index (χ2n) is 26.6. The average Bonchev–Trinajstić information content (AvgIpc) is 1.57. The number of nitrogens with zero attached hydrogens (tertiary/aromatic N) is 8. The Morgan fingerprint density at radius 3 is 2.28 bits per heavy atom. The first kappa shape index (κ1) is 72.1. The number of terminal acetylenes is 1. The number of imidazole rings is 1. The molecule has 4 aliphatic rings. The van der Waals surface area contributed by atoms with Gasteiger partial charge in [-0.25, -0.2) is 33.3 Å². The van der Waals surface area contributed by atoms with E-state index in [0.29, 0.717) is 96.0 Å². The number of anilines is 4. The molecular formula is C80H80Cl2N12O9S. The van der Waals surface area contributed by atoms with E-state index in [1.54, 1.807) is 50.8 Å². The van der Waals surface area contributed by atoms with E-state index in [9.17, 15) is 23.1 Å². The summed E-state index contributed by atoms with van der Waals surface area (Å²) in [6, 6.07) is 41.4. The van der Waals surface area contributed by atoms with Gasteiger partial charge in [-0.15, -0.1) is 6.42 Å². The van der Waals surface area contributed by atoms with Gasteiger partial charge in [0.25, 0.3) is 11.8 Å². The van der Waals surface area contributed by atoms with Crippen molar-refractivity contribution >= 4 is 107 Å². The summed E-state index contributed by atoms with van der Waals surface area (Å²) in [4.78, 5) is 57.7. The van der Waals surface area contributed by atoms with Crippen LogP contribution in [0.15, 0.2) is 157 Å². The number of sulfone groups is 1. The predicted octanol–water partition coefficient (Wildman–Crippen LogP) is 14.3. The Morgan fingerprint density at radius 1 is 0.817 bits per heavy atom. The number of aliphatic hydroxyl groups is 1. The van der Waals surface area contributed by atoms with Crippen LogP contribution in [-0.4, -0.2) is 148 Å². The highest BCUT2D eigenvalue weighted by atomic mass is 35.5. The fourth-order valence-electron chi connectivity index (χ4n) is 14.0. The highest BCUT2D eigenvalue weighted by molar-refractivity contribution is 7.90. The molecule has 0 bridgehead atoms. The molecule has 104 heavy (non-hydrogen) atoms. The summed E-state index contributed by atoms with van der Waals surface area (Å²) in [6.07, 6.45) is 18.1. The van der Waals surface area contributed by atoms with Crippen LogP contribution in [0.1, 0.15) is 101 Å².